The van der Waals surface area contributed by atoms with E-state index < -0.39 is 11.0 Å². The lowest BCUT2D eigenvalue weighted by molar-refractivity contribution is 0.122. The molecular weight excluding hydrogens is 336 g/mol. The summed E-state index contributed by atoms with van der Waals surface area (Å²) < 4.78 is 16.7. The van der Waals surface area contributed by atoms with Crippen LogP contribution in [0.1, 0.15) is 0 Å². The summed E-state index contributed by atoms with van der Waals surface area (Å²) in [4.78, 5) is 12.1. The molecule has 25 heavy (non-hydrogen) atoms. The zero-order valence-corrected chi connectivity index (χ0v) is 14.4. The fourth-order valence-electron chi connectivity index (χ4n) is 2.91. The second-order valence-corrected chi connectivity index (χ2v) is 6.92. The van der Waals surface area contributed by atoms with Crippen molar-refractivity contribution in [1.82, 2.24) is 9.97 Å². The van der Waals surface area contributed by atoms with E-state index in [2.05, 4.69) is 9.88 Å². The average Bonchev–Trinajstić information content (AvgIpc) is 2.68. The van der Waals surface area contributed by atoms with E-state index in [1.54, 1.807) is 12.1 Å². The zero-order chi connectivity index (χ0) is 17.2. The molecule has 6 nitrogen and oxygen atoms in total. The molecule has 1 aliphatic rings. The highest BCUT2D eigenvalue weighted by Gasteiger charge is 2.13. The Morgan fingerprint density at radius 2 is 1.72 bits per heavy atom. The number of morpholine rings is 1. The SMILES string of the molecule is NS(=O)c1ccc(-c2ccc3ncc(N4CCOCC4)nc3c2)cc1. The molecule has 0 radical (unpaired) electrons. The van der Waals surface area contributed by atoms with Crippen molar-refractivity contribution in [3.8, 4) is 11.1 Å². The van der Waals surface area contributed by atoms with Crippen LogP contribution in [-0.4, -0.2) is 40.5 Å². The first-order chi connectivity index (χ1) is 12.2. The maximum atomic E-state index is 11.3. The van der Waals surface area contributed by atoms with Gasteiger partial charge in [0.15, 0.2) is 0 Å². The Hall–Kier alpha value is -2.35. The molecule has 2 heterocycles. The molecule has 0 spiro atoms. The van der Waals surface area contributed by atoms with Crippen molar-refractivity contribution in [3.05, 3.63) is 48.7 Å². The third kappa shape index (κ3) is 3.39. The van der Waals surface area contributed by atoms with Gasteiger partial charge in [0.2, 0.25) is 0 Å². The van der Waals surface area contributed by atoms with E-state index in [9.17, 15) is 4.21 Å². The van der Waals surface area contributed by atoms with Crippen molar-refractivity contribution in [2.45, 2.75) is 4.90 Å². The lowest BCUT2D eigenvalue weighted by atomic mass is 10.1. The Kier molecular flexibility index (Phi) is 4.44. The molecule has 0 saturated carbocycles. The highest BCUT2D eigenvalue weighted by Crippen LogP contribution is 2.25. The third-order valence-electron chi connectivity index (χ3n) is 4.28. The van der Waals surface area contributed by atoms with Crippen LogP contribution in [0, 0.1) is 0 Å². The van der Waals surface area contributed by atoms with Gasteiger partial charge in [0.25, 0.3) is 0 Å². The maximum absolute atomic E-state index is 11.3. The molecule has 0 amide bonds. The summed E-state index contributed by atoms with van der Waals surface area (Å²) in [5.74, 6) is 0.877. The Labute approximate surface area is 148 Å². The van der Waals surface area contributed by atoms with Crippen LogP contribution in [0.3, 0.4) is 0 Å². The predicted molar refractivity (Wildman–Crippen MR) is 98.6 cm³/mol. The van der Waals surface area contributed by atoms with Crippen LogP contribution in [0.25, 0.3) is 22.2 Å². The molecule has 1 unspecified atom stereocenters. The van der Waals surface area contributed by atoms with Gasteiger partial charge in [-0.3, -0.25) is 4.98 Å². The molecule has 1 saturated heterocycles. The number of benzene rings is 2. The van der Waals surface area contributed by atoms with Gasteiger partial charge in [-0.15, -0.1) is 0 Å². The minimum atomic E-state index is -1.46. The molecule has 2 aromatic carbocycles. The zero-order valence-electron chi connectivity index (χ0n) is 13.6. The smallest absolute Gasteiger partial charge is 0.148 e. The van der Waals surface area contributed by atoms with E-state index in [0.29, 0.717) is 18.1 Å². The van der Waals surface area contributed by atoms with Crippen molar-refractivity contribution >= 4 is 27.8 Å². The van der Waals surface area contributed by atoms with Crippen molar-refractivity contribution in [3.63, 3.8) is 0 Å². The summed E-state index contributed by atoms with van der Waals surface area (Å²) in [6.45, 7) is 3.10. The van der Waals surface area contributed by atoms with Crippen LogP contribution in [0.4, 0.5) is 5.82 Å². The summed E-state index contributed by atoms with van der Waals surface area (Å²) in [6, 6.07) is 13.4. The Balaban J connectivity index is 1.69. The third-order valence-corrected chi connectivity index (χ3v) is 5.02. The minimum Gasteiger partial charge on any atom is -0.378 e. The van der Waals surface area contributed by atoms with Crippen LogP contribution >= 0.6 is 0 Å². The van der Waals surface area contributed by atoms with Crippen LogP contribution in [0.15, 0.2) is 53.6 Å². The topological polar surface area (TPSA) is 81.3 Å². The molecule has 1 fully saturated rings. The number of rotatable bonds is 3. The molecular formula is C18H18N4O2S. The Morgan fingerprint density at radius 3 is 2.44 bits per heavy atom. The average molecular weight is 354 g/mol. The summed E-state index contributed by atoms with van der Waals surface area (Å²) in [7, 11) is -1.46. The van der Waals surface area contributed by atoms with Crippen LogP contribution in [0.2, 0.25) is 0 Å². The number of aromatic nitrogens is 2. The highest BCUT2D eigenvalue weighted by molar-refractivity contribution is 7.82. The first-order valence-electron chi connectivity index (χ1n) is 8.07. The molecule has 1 aliphatic heterocycles. The van der Waals surface area contributed by atoms with Crippen LogP contribution in [0.5, 0.6) is 0 Å². The summed E-state index contributed by atoms with van der Waals surface area (Å²) >= 11 is 0. The normalized spacial score (nSPS) is 16.1. The molecule has 2 N–H and O–H groups in total. The van der Waals surface area contributed by atoms with E-state index in [-0.39, 0.29) is 0 Å². The van der Waals surface area contributed by atoms with Gasteiger partial charge in [-0.1, -0.05) is 18.2 Å². The molecule has 0 aliphatic carbocycles. The number of fused-ring (bicyclic) bond motifs is 1. The monoisotopic (exact) mass is 354 g/mol. The van der Waals surface area contributed by atoms with Crippen LogP contribution in [-0.2, 0) is 15.7 Å². The van der Waals surface area contributed by atoms with Gasteiger partial charge in [-0.2, -0.15) is 0 Å². The second-order valence-electron chi connectivity index (χ2n) is 5.85. The minimum absolute atomic E-state index is 0.610. The van der Waals surface area contributed by atoms with E-state index in [1.165, 1.54) is 0 Å². The number of anilines is 1. The van der Waals surface area contributed by atoms with Gasteiger partial charge in [-0.25, -0.2) is 14.3 Å². The number of hydrogen-bond donors (Lipinski definition) is 1. The summed E-state index contributed by atoms with van der Waals surface area (Å²) in [5, 5.41) is 5.40. The van der Waals surface area contributed by atoms with E-state index in [0.717, 1.165) is 41.1 Å². The fraction of sp³-hybridized carbons (Fsp3) is 0.222. The lowest BCUT2D eigenvalue weighted by Gasteiger charge is -2.27. The number of hydrogen-bond acceptors (Lipinski definition) is 5. The number of nitrogens with two attached hydrogens (primary N) is 1. The Morgan fingerprint density at radius 1 is 1.00 bits per heavy atom. The standard InChI is InChI=1S/C18H18N4O2S/c19-25(23)15-4-1-13(2-5-15)14-3-6-16-17(11-14)21-18(12-20-16)22-7-9-24-10-8-22/h1-6,11-12H,7-10,19H2. The number of ether oxygens (including phenoxy) is 1. The molecule has 1 atom stereocenters. The first kappa shape index (κ1) is 16.1. The van der Waals surface area contributed by atoms with E-state index in [1.807, 2.05) is 36.5 Å². The van der Waals surface area contributed by atoms with Gasteiger partial charge in [0, 0.05) is 13.1 Å². The van der Waals surface area contributed by atoms with Crippen molar-refractivity contribution < 1.29 is 8.95 Å². The predicted octanol–water partition coefficient (Wildman–Crippen LogP) is 2.11. The van der Waals surface area contributed by atoms with E-state index in [4.69, 9.17) is 14.9 Å². The maximum Gasteiger partial charge on any atom is 0.148 e. The molecule has 1 aromatic heterocycles. The van der Waals surface area contributed by atoms with Crippen molar-refractivity contribution in [2.75, 3.05) is 31.2 Å². The highest BCUT2D eigenvalue weighted by atomic mass is 32.2. The van der Waals surface area contributed by atoms with Crippen molar-refractivity contribution in [2.24, 2.45) is 5.14 Å². The molecule has 3 aromatic rings. The van der Waals surface area contributed by atoms with Gasteiger partial charge < -0.3 is 9.64 Å². The Bertz CT molecular complexity index is 924. The van der Waals surface area contributed by atoms with Gasteiger partial charge in [0.1, 0.15) is 16.8 Å². The van der Waals surface area contributed by atoms with Gasteiger partial charge in [-0.05, 0) is 35.4 Å². The van der Waals surface area contributed by atoms with E-state index >= 15 is 0 Å². The first-order valence-corrected chi connectivity index (χ1v) is 9.28. The van der Waals surface area contributed by atoms with Gasteiger partial charge >= 0.3 is 0 Å². The summed E-state index contributed by atoms with van der Waals surface area (Å²) in [5.41, 5.74) is 3.78. The van der Waals surface area contributed by atoms with Crippen molar-refractivity contribution in [1.29, 1.82) is 0 Å². The second kappa shape index (κ2) is 6.87. The quantitative estimate of drug-likeness (QED) is 0.779. The van der Waals surface area contributed by atoms with Crippen LogP contribution < -0.4 is 10.0 Å². The largest absolute Gasteiger partial charge is 0.378 e. The molecule has 7 heteroatoms. The lowest BCUT2D eigenvalue weighted by Crippen LogP contribution is -2.36. The molecule has 128 valence electrons. The molecule has 4 rings (SSSR count). The molecule has 0 bridgehead atoms. The van der Waals surface area contributed by atoms with Gasteiger partial charge in [0.05, 0.1) is 35.3 Å². The number of nitrogens with zero attached hydrogens (tertiary/aromatic N) is 3. The summed E-state index contributed by atoms with van der Waals surface area (Å²) in [6.07, 6.45) is 1.82. The fourth-order valence-corrected chi connectivity index (χ4v) is 3.31.